The lowest BCUT2D eigenvalue weighted by Gasteiger charge is -2.03. The third kappa shape index (κ3) is 2.17. The highest BCUT2D eigenvalue weighted by molar-refractivity contribution is 5.93. The molecule has 0 bridgehead atoms. The third-order valence-electron chi connectivity index (χ3n) is 2.88. The highest BCUT2D eigenvalue weighted by atomic mass is 16.1. The number of rotatable bonds is 2. The summed E-state index contributed by atoms with van der Waals surface area (Å²) in [5.74, 6) is 0.462. The Hall–Kier alpha value is -1.37. The van der Waals surface area contributed by atoms with Gasteiger partial charge < -0.3 is 0 Å². The number of benzene rings is 1. The fourth-order valence-corrected chi connectivity index (χ4v) is 2.16. The first-order chi connectivity index (χ1) is 7.16. The van der Waals surface area contributed by atoms with Crippen molar-refractivity contribution in [3.05, 3.63) is 47.0 Å². The molecule has 78 valence electrons. The minimum Gasteiger partial charge on any atom is -0.295 e. The van der Waals surface area contributed by atoms with Crippen LogP contribution in [0.3, 0.4) is 0 Å². The molecule has 1 aromatic rings. The molecular formula is C14H16O. The van der Waals surface area contributed by atoms with Gasteiger partial charge in [-0.25, -0.2) is 0 Å². The van der Waals surface area contributed by atoms with Crippen LogP contribution < -0.4 is 0 Å². The molecule has 1 aromatic carbocycles. The molecule has 1 aliphatic carbocycles. The van der Waals surface area contributed by atoms with Gasteiger partial charge in [0.05, 0.1) is 0 Å². The molecule has 0 amide bonds. The van der Waals surface area contributed by atoms with Gasteiger partial charge in [0.25, 0.3) is 0 Å². The van der Waals surface area contributed by atoms with E-state index in [1.807, 2.05) is 26.0 Å². The van der Waals surface area contributed by atoms with E-state index in [0.717, 1.165) is 18.4 Å². The first-order valence-electron chi connectivity index (χ1n) is 5.42. The Morgan fingerprint density at radius 2 is 1.73 bits per heavy atom. The molecule has 0 saturated heterocycles. The molecule has 0 N–H and O–H groups in total. The second-order valence-corrected chi connectivity index (χ2v) is 4.50. The molecule has 0 radical (unpaired) electrons. The van der Waals surface area contributed by atoms with Gasteiger partial charge in [-0.05, 0) is 43.9 Å². The summed E-state index contributed by atoms with van der Waals surface area (Å²) in [4.78, 5) is 11.8. The number of allylic oxidation sites excluding steroid dienone is 2. The number of carbonyl (C=O) groups excluding carboxylic acids is 1. The van der Waals surface area contributed by atoms with Crippen LogP contribution in [0.15, 0.2) is 35.9 Å². The lowest BCUT2D eigenvalue weighted by molar-refractivity contribution is -0.117. The summed E-state index contributed by atoms with van der Waals surface area (Å²) in [5, 5.41) is 0. The monoisotopic (exact) mass is 200 g/mol. The summed E-state index contributed by atoms with van der Waals surface area (Å²) in [6.45, 7) is 3.94. The zero-order chi connectivity index (χ0) is 10.8. The van der Waals surface area contributed by atoms with Crippen LogP contribution in [0.2, 0.25) is 0 Å². The zero-order valence-corrected chi connectivity index (χ0v) is 9.29. The summed E-state index contributed by atoms with van der Waals surface area (Å²) in [6.07, 6.45) is 3.61. The second kappa shape index (κ2) is 4.01. The van der Waals surface area contributed by atoms with Gasteiger partial charge in [0, 0.05) is 5.92 Å². The van der Waals surface area contributed by atoms with Crippen molar-refractivity contribution in [2.24, 2.45) is 5.92 Å². The fourth-order valence-electron chi connectivity index (χ4n) is 2.16. The molecule has 0 fully saturated rings. The van der Waals surface area contributed by atoms with E-state index in [4.69, 9.17) is 0 Å². The van der Waals surface area contributed by atoms with Crippen molar-refractivity contribution in [1.82, 2.24) is 0 Å². The Morgan fingerprint density at radius 3 is 2.20 bits per heavy atom. The largest absolute Gasteiger partial charge is 0.295 e. The van der Waals surface area contributed by atoms with E-state index in [0.29, 0.717) is 0 Å². The molecular weight excluding hydrogens is 184 g/mol. The molecule has 1 heteroatoms. The Balaban J connectivity index is 2.14. The van der Waals surface area contributed by atoms with Crippen LogP contribution in [0.25, 0.3) is 0 Å². The van der Waals surface area contributed by atoms with Crippen molar-refractivity contribution in [3.63, 3.8) is 0 Å². The SMILES string of the molecule is CC(C)=CC(=O)C1Cc2ccccc2C1. The van der Waals surface area contributed by atoms with Crippen molar-refractivity contribution in [1.29, 1.82) is 0 Å². The number of hydrogen-bond acceptors (Lipinski definition) is 1. The van der Waals surface area contributed by atoms with Crippen molar-refractivity contribution < 1.29 is 4.79 Å². The topological polar surface area (TPSA) is 17.1 Å². The normalized spacial score (nSPS) is 14.8. The van der Waals surface area contributed by atoms with Crippen LogP contribution >= 0.6 is 0 Å². The second-order valence-electron chi connectivity index (χ2n) is 4.50. The average Bonchev–Trinajstić information content (AvgIpc) is 2.59. The van der Waals surface area contributed by atoms with Gasteiger partial charge in [-0.15, -0.1) is 0 Å². The van der Waals surface area contributed by atoms with Gasteiger partial charge >= 0.3 is 0 Å². The molecule has 0 atom stereocenters. The maximum atomic E-state index is 11.8. The maximum absolute atomic E-state index is 11.8. The average molecular weight is 200 g/mol. The molecule has 1 aliphatic rings. The Labute approximate surface area is 90.8 Å². The van der Waals surface area contributed by atoms with E-state index >= 15 is 0 Å². The minimum absolute atomic E-state index is 0.178. The van der Waals surface area contributed by atoms with Crippen molar-refractivity contribution in [3.8, 4) is 0 Å². The van der Waals surface area contributed by atoms with E-state index in [-0.39, 0.29) is 11.7 Å². The molecule has 0 aromatic heterocycles. The third-order valence-corrected chi connectivity index (χ3v) is 2.88. The predicted molar refractivity (Wildman–Crippen MR) is 61.8 cm³/mol. The van der Waals surface area contributed by atoms with Crippen molar-refractivity contribution in [2.75, 3.05) is 0 Å². The summed E-state index contributed by atoms with van der Waals surface area (Å²) in [7, 11) is 0. The number of fused-ring (bicyclic) bond motifs is 1. The summed E-state index contributed by atoms with van der Waals surface area (Å²) in [6, 6.07) is 8.36. The number of carbonyl (C=O) groups is 1. The Bertz CT molecular complexity index is 386. The van der Waals surface area contributed by atoms with E-state index in [1.54, 1.807) is 6.08 Å². The van der Waals surface area contributed by atoms with Crippen LogP contribution in [0.5, 0.6) is 0 Å². The molecule has 1 nitrogen and oxygen atoms in total. The van der Waals surface area contributed by atoms with Crippen LogP contribution in [0, 0.1) is 5.92 Å². The molecule has 15 heavy (non-hydrogen) atoms. The first kappa shape index (κ1) is 10.2. The highest BCUT2D eigenvalue weighted by Crippen LogP contribution is 2.27. The Kier molecular flexibility index (Phi) is 2.72. The van der Waals surface area contributed by atoms with Gasteiger partial charge in [0.1, 0.15) is 0 Å². The van der Waals surface area contributed by atoms with E-state index in [1.165, 1.54) is 11.1 Å². The van der Waals surface area contributed by atoms with Crippen LogP contribution in [-0.2, 0) is 17.6 Å². The van der Waals surface area contributed by atoms with Gasteiger partial charge in [0.2, 0.25) is 0 Å². The van der Waals surface area contributed by atoms with E-state index in [2.05, 4.69) is 12.1 Å². The highest BCUT2D eigenvalue weighted by Gasteiger charge is 2.25. The summed E-state index contributed by atoms with van der Waals surface area (Å²) >= 11 is 0. The van der Waals surface area contributed by atoms with Gasteiger partial charge in [-0.1, -0.05) is 29.8 Å². The molecule has 0 saturated carbocycles. The lowest BCUT2D eigenvalue weighted by Crippen LogP contribution is -2.12. The molecule has 2 rings (SSSR count). The summed E-state index contributed by atoms with van der Waals surface area (Å²) < 4.78 is 0. The number of hydrogen-bond donors (Lipinski definition) is 0. The molecule has 0 heterocycles. The van der Waals surface area contributed by atoms with Crippen LogP contribution in [-0.4, -0.2) is 5.78 Å². The van der Waals surface area contributed by atoms with Crippen molar-refractivity contribution in [2.45, 2.75) is 26.7 Å². The fraction of sp³-hybridized carbons (Fsp3) is 0.357. The summed E-state index contributed by atoms with van der Waals surface area (Å²) in [5.41, 5.74) is 3.78. The van der Waals surface area contributed by atoms with Crippen LogP contribution in [0.1, 0.15) is 25.0 Å². The van der Waals surface area contributed by atoms with Crippen LogP contribution in [0.4, 0.5) is 0 Å². The quantitative estimate of drug-likeness (QED) is 0.671. The Morgan fingerprint density at radius 1 is 1.20 bits per heavy atom. The minimum atomic E-state index is 0.178. The number of ketones is 1. The standard InChI is InChI=1S/C14H16O/c1-10(2)7-14(15)13-8-11-5-3-4-6-12(11)9-13/h3-7,13H,8-9H2,1-2H3. The van der Waals surface area contributed by atoms with Gasteiger partial charge in [0.15, 0.2) is 5.78 Å². The zero-order valence-electron chi connectivity index (χ0n) is 9.29. The smallest absolute Gasteiger partial charge is 0.159 e. The maximum Gasteiger partial charge on any atom is 0.159 e. The molecule has 0 spiro atoms. The van der Waals surface area contributed by atoms with E-state index in [9.17, 15) is 4.79 Å². The first-order valence-corrected chi connectivity index (χ1v) is 5.42. The van der Waals surface area contributed by atoms with Gasteiger partial charge in [-0.2, -0.15) is 0 Å². The lowest BCUT2D eigenvalue weighted by atomic mass is 9.99. The molecule has 0 aliphatic heterocycles. The van der Waals surface area contributed by atoms with Gasteiger partial charge in [-0.3, -0.25) is 4.79 Å². The van der Waals surface area contributed by atoms with E-state index < -0.39 is 0 Å². The molecule has 0 unspecified atom stereocenters. The van der Waals surface area contributed by atoms with Crippen molar-refractivity contribution >= 4 is 5.78 Å². The predicted octanol–water partition coefficient (Wildman–Crippen LogP) is 2.94.